The molecule has 0 spiro atoms. The van der Waals surface area contributed by atoms with E-state index in [1.165, 1.54) is 11.8 Å². The molecule has 0 aromatic heterocycles. The summed E-state index contributed by atoms with van der Waals surface area (Å²) in [7, 11) is 0. The van der Waals surface area contributed by atoms with Crippen LogP contribution in [0.4, 0.5) is 0 Å². The van der Waals surface area contributed by atoms with Crippen molar-refractivity contribution in [1.29, 1.82) is 0 Å². The predicted octanol–water partition coefficient (Wildman–Crippen LogP) is 2.04. The quantitative estimate of drug-likeness (QED) is 0.864. The molecule has 20 heavy (non-hydrogen) atoms. The van der Waals surface area contributed by atoms with Crippen LogP contribution in [0.15, 0.2) is 0 Å². The Balaban J connectivity index is 2.22. The fourth-order valence-electron chi connectivity index (χ4n) is 3.41. The van der Waals surface area contributed by atoms with Gasteiger partial charge in [0.15, 0.2) is 5.12 Å². The summed E-state index contributed by atoms with van der Waals surface area (Å²) in [4.78, 5) is 23.0. The summed E-state index contributed by atoms with van der Waals surface area (Å²) < 4.78 is 6.27. The third-order valence-corrected chi connectivity index (χ3v) is 6.16. The molecule has 0 bridgehead atoms. The first kappa shape index (κ1) is 16.0. The van der Waals surface area contributed by atoms with E-state index in [1.807, 2.05) is 20.8 Å². The third-order valence-electron chi connectivity index (χ3n) is 5.10. The molecule has 2 aliphatic rings. The van der Waals surface area contributed by atoms with Crippen molar-refractivity contribution in [3.05, 3.63) is 0 Å². The summed E-state index contributed by atoms with van der Waals surface area (Å²) in [6.45, 7) is 7.46. The number of thioether (sulfide) groups is 1. The Labute approximate surface area is 124 Å². The predicted molar refractivity (Wildman–Crippen MR) is 78.5 cm³/mol. The molecule has 1 N–H and O–H groups in total. The molecule has 6 atom stereocenters. The second kappa shape index (κ2) is 5.78. The van der Waals surface area contributed by atoms with Crippen LogP contribution in [-0.4, -0.2) is 39.6 Å². The maximum absolute atomic E-state index is 11.5. The van der Waals surface area contributed by atoms with Crippen LogP contribution in [0.1, 0.15) is 40.5 Å². The molecule has 0 radical (unpaired) electrons. The highest BCUT2D eigenvalue weighted by Crippen LogP contribution is 2.47. The lowest BCUT2D eigenvalue weighted by molar-refractivity contribution is -0.232. The SMILES string of the molecule is CC(=O)CC1OC(C)(C2CSC(=O)C2)C(C)C(O)C1C. The van der Waals surface area contributed by atoms with E-state index in [9.17, 15) is 14.7 Å². The third kappa shape index (κ3) is 2.81. The van der Waals surface area contributed by atoms with Crippen molar-refractivity contribution in [3.63, 3.8) is 0 Å². The van der Waals surface area contributed by atoms with Crippen LogP contribution in [0.2, 0.25) is 0 Å². The zero-order chi connectivity index (χ0) is 15.1. The molecule has 6 unspecified atom stereocenters. The number of aliphatic hydroxyl groups is 1. The highest BCUT2D eigenvalue weighted by Gasteiger charge is 2.53. The Morgan fingerprint density at radius 3 is 2.65 bits per heavy atom. The molecule has 4 nitrogen and oxygen atoms in total. The van der Waals surface area contributed by atoms with E-state index in [4.69, 9.17) is 4.74 Å². The molecule has 114 valence electrons. The average Bonchev–Trinajstić information content (AvgIpc) is 2.80. The van der Waals surface area contributed by atoms with Crippen molar-refractivity contribution in [3.8, 4) is 0 Å². The van der Waals surface area contributed by atoms with Crippen LogP contribution in [0, 0.1) is 17.8 Å². The van der Waals surface area contributed by atoms with Gasteiger partial charge < -0.3 is 9.84 Å². The van der Waals surface area contributed by atoms with Crippen molar-refractivity contribution in [2.24, 2.45) is 17.8 Å². The topological polar surface area (TPSA) is 63.6 Å². The fourth-order valence-corrected chi connectivity index (χ4v) is 4.57. The lowest BCUT2D eigenvalue weighted by Crippen LogP contribution is -2.59. The standard InChI is InChI=1S/C15H24O4S/c1-8(16)5-12-9(2)14(18)10(3)15(4,19-12)11-6-13(17)20-7-11/h9-12,14,18H,5-7H2,1-4H3. The molecule has 0 amide bonds. The Morgan fingerprint density at radius 2 is 2.15 bits per heavy atom. The summed E-state index contributed by atoms with van der Waals surface area (Å²) in [6, 6.07) is 0. The van der Waals surface area contributed by atoms with E-state index in [1.54, 1.807) is 6.92 Å². The van der Waals surface area contributed by atoms with E-state index in [2.05, 4.69) is 0 Å². The smallest absolute Gasteiger partial charge is 0.189 e. The summed E-state index contributed by atoms with van der Waals surface area (Å²) >= 11 is 1.35. The summed E-state index contributed by atoms with van der Waals surface area (Å²) in [6.07, 6.45) is 0.0662. The minimum Gasteiger partial charge on any atom is -0.392 e. The fraction of sp³-hybridized carbons (Fsp3) is 0.867. The first-order valence-electron chi connectivity index (χ1n) is 7.26. The van der Waals surface area contributed by atoms with Crippen LogP contribution in [0.3, 0.4) is 0 Å². The number of aliphatic hydroxyl groups excluding tert-OH is 1. The minimum absolute atomic E-state index is 0.0443. The first-order valence-corrected chi connectivity index (χ1v) is 8.25. The molecule has 0 aliphatic carbocycles. The number of ether oxygens (including phenoxy) is 1. The van der Waals surface area contributed by atoms with Gasteiger partial charge in [-0.05, 0) is 13.8 Å². The van der Waals surface area contributed by atoms with E-state index in [0.717, 1.165) is 5.75 Å². The van der Waals surface area contributed by atoms with Crippen LogP contribution >= 0.6 is 11.8 Å². The number of rotatable bonds is 3. The van der Waals surface area contributed by atoms with Gasteiger partial charge >= 0.3 is 0 Å². The van der Waals surface area contributed by atoms with E-state index in [0.29, 0.717) is 12.8 Å². The summed E-state index contributed by atoms with van der Waals surface area (Å²) in [5, 5.41) is 10.7. The Bertz CT molecular complexity index is 411. The maximum Gasteiger partial charge on any atom is 0.189 e. The average molecular weight is 300 g/mol. The van der Waals surface area contributed by atoms with Gasteiger partial charge in [-0.3, -0.25) is 9.59 Å². The van der Waals surface area contributed by atoms with Crippen molar-refractivity contribution >= 4 is 22.7 Å². The lowest BCUT2D eigenvalue weighted by atomic mass is 9.69. The number of Topliss-reactive ketones (excluding diaryl/α,β-unsaturated/α-hetero) is 1. The molecule has 0 aromatic carbocycles. The molecular weight excluding hydrogens is 276 g/mol. The molecule has 0 saturated carbocycles. The maximum atomic E-state index is 11.5. The van der Waals surface area contributed by atoms with Crippen molar-refractivity contribution in [2.75, 3.05) is 5.75 Å². The van der Waals surface area contributed by atoms with Crippen LogP contribution < -0.4 is 0 Å². The monoisotopic (exact) mass is 300 g/mol. The summed E-state index contributed by atoms with van der Waals surface area (Å²) in [5.74, 6) is 0.825. The van der Waals surface area contributed by atoms with Gasteiger partial charge in [0.05, 0.1) is 17.8 Å². The molecular formula is C15H24O4S. The zero-order valence-electron chi connectivity index (χ0n) is 12.6. The highest BCUT2D eigenvalue weighted by atomic mass is 32.2. The van der Waals surface area contributed by atoms with Gasteiger partial charge in [0, 0.05) is 36.3 Å². The second-order valence-electron chi connectivity index (χ2n) is 6.47. The van der Waals surface area contributed by atoms with Gasteiger partial charge in [-0.25, -0.2) is 0 Å². The normalized spacial score (nSPS) is 45.6. The van der Waals surface area contributed by atoms with E-state index < -0.39 is 11.7 Å². The van der Waals surface area contributed by atoms with Crippen LogP contribution in [-0.2, 0) is 14.3 Å². The number of hydrogen-bond donors (Lipinski definition) is 1. The molecule has 2 heterocycles. The molecule has 0 aromatic rings. The van der Waals surface area contributed by atoms with E-state index in [-0.39, 0.29) is 34.8 Å². The first-order chi connectivity index (χ1) is 9.25. The largest absolute Gasteiger partial charge is 0.392 e. The lowest BCUT2D eigenvalue weighted by Gasteiger charge is -2.51. The van der Waals surface area contributed by atoms with Gasteiger partial charge in [0.1, 0.15) is 5.78 Å². The molecule has 2 aliphatic heterocycles. The van der Waals surface area contributed by atoms with Crippen LogP contribution in [0.25, 0.3) is 0 Å². The molecule has 5 heteroatoms. The Morgan fingerprint density at radius 1 is 1.50 bits per heavy atom. The number of carbonyl (C=O) groups excluding carboxylic acids is 2. The number of carbonyl (C=O) groups is 2. The van der Waals surface area contributed by atoms with Crippen molar-refractivity contribution in [2.45, 2.75) is 58.3 Å². The Hall–Kier alpha value is -0.390. The number of hydrogen-bond acceptors (Lipinski definition) is 5. The summed E-state index contributed by atoms with van der Waals surface area (Å²) in [5.41, 5.74) is -0.537. The van der Waals surface area contributed by atoms with E-state index >= 15 is 0 Å². The van der Waals surface area contributed by atoms with Gasteiger partial charge in [0.2, 0.25) is 0 Å². The molecule has 2 fully saturated rings. The number of ketones is 1. The van der Waals surface area contributed by atoms with Crippen molar-refractivity contribution in [1.82, 2.24) is 0 Å². The Kier molecular flexibility index (Phi) is 4.62. The highest BCUT2D eigenvalue weighted by molar-refractivity contribution is 8.14. The van der Waals surface area contributed by atoms with Gasteiger partial charge in [0.25, 0.3) is 0 Å². The minimum atomic E-state index is -0.537. The second-order valence-corrected chi connectivity index (χ2v) is 7.55. The van der Waals surface area contributed by atoms with Gasteiger partial charge in [-0.15, -0.1) is 0 Å². The van der Waals surface area contributed by atoms with Gasteiger partial charge in [-0.2, -0.15) is 0 Å². The van der Waals surface area contributed by atoms with Crippen molar-refractivity contribution < 1.29 is 19.4 Å². The molecule has 2 saturated heterocycles. The molecule has 2 rings (SSSR count). The van der Waals surface area contributed by atoms with Crippen LogP contribution in [0.5, 0.6) is 0 Å². The van der Waals surface area contributed by atoms with Gasteiger partial charge in [-0.1, -0.05) is 25.6 Å². The zero-order valence-corrected chi connectivity index (χ0v) is 13.4.